The highest BCUT2D eigenvalue weighted by Crippen LogP contribution is 2.36. The summed E-state index contributed by atoms with van der Waals surface area (Å²) in [6.45, 7) is 0.683. The molecule has 0 radical (unpaired) electrons. The predicted molar refractivity (Wildman–Crippen MR) is 216 cm³/mol. The molecule has 17 heteroatoms. The first-order chi connectivity index (χ1) is 27.4. The number of primary amides is 1. The zero-order chi connectivity index (χ0) is 41.2. The summed E-state index contributed by atoms with van der Waals surface area (Å²) in [6.07, 6.45) is 1.57. The van der Waals surface area contributed by atoms with Crippen molar-refractivity contribution in [1.82, 2.24) is 20.5 Å². The van der Waals surface area contributed by atoms with Crippen molar-refractivity contribution in [1.29, 1.82) is 0 Å². The minimum Gasteiger partial charge on any atom is -0.494 e. The van der Waals surface area contributed by atoms with Crippen molar-refractivity contribution >= 4 is 47.2 Å². The molecule has 4 rings (SSSR count). The molecule has 4 aromatic rings. The van der Waals surface area contributed by atoms with Crippen LogP contribution < -0.4 is 43.2 Å². The topological polar surface area (TPSA) is 266 Å². The third-order valence-corrected chi connectivity index (χ3v) is 9.80. The molecule has 3 unspecified atom stereocenters. The van der Waals surface area contributed by atoms with Gasteiger partial charge >= 0.3 is 6.09 Å². The number of unbranched alkanes of at least 4 members (excludes halogenated alkanes) is 2. The molecule has 3 atom stereocenters. The molecule has 5 amide bonds. The average Bonchev–Trinajstić information content (AvgIpc) is 3.46. The van der Waals surface area contributed by atoms with Gasteiger partial charge in [-0.1, -0.05) is 67.1 Å². The third kappa shape index (κ3) is 14.9. The van der Waals surface area contributed by atoms with Crippen LogP contribution in [0, 0.1) is 0 Å². The minimum atomic E-state index is -0.997. The molecule has 1 aromatic heterocycles. The Morgan fingerprint density at radius 3 is 2.14 bits per heavy atom. The number of para-hydroxylation sites is 1. The van der Waals surface area contributed by atoms with Crippen LogP contribution in [0.4, 0.5) is 10.5 Å². The Kier molecular flexibility index (Phi) is 17.2. The van der Waals surface area contributed by atoms with E-state index in [1.165, 1.54) is 10.6 Å². The molecule has 57 heavy (non-hydrogen) atoms. The molecule has 1 heterocycles. The maximum Gasteiger partial charge on any atom is 0.412 e. The number of anilines is 1. The lowest BCUT2D eigenvalue weighted by Gasteiger charge is -2.15. The number of carbonyl (C=O) groups excluding carboxylic acids is 5. The number of hydrogen-bond acceptors (Lipinski definition) is 11. The van der Waals surface area contributed by atoms with Crippen LogP contribution in [0.3, 0.4) is 0 Å². The van der Waals surface area contributed by atoms with Gasteiger partial charge in [0.05, 0.1) is 23.5 Å². The Balaban J connectivity index is 1.04. The quantitative estimate of drug-likeness (QED) is 0.0412. The largest absolute Gasteiger partial charge is 0.494 e. The summed E-state index contributed by atoms with van der Waals surface area (Å²) in [4.78, 5) is 62.0. The van der Waals surface area contributed by atoms with Gasteiger partial charge in [0.1, 0.15) is 11.8 Å². The summed E-state index contributed by atoms with van der Waals surface area (Å²) >= 11 is 1.08. The van der Waals surface area contributed by atoms with Crippen molar-refractivity contribution < 1.29 is 38.9 Å². The van der Waals surface area contributed by atoms with Crippen molar-refractivity contribution in [2.75, 3.05) is 24.2 Å². The number of nitrogens with two attached hydrogens (primary N) is 3. The van der Waals surface area contributed by atoms with Gasteiger partial charge in [-0.05, 0) is 61.1 Å². The van der Waals surface area contributed by atoms with Crippen LogP contribution in [-0.4, -0.2) is 81.5 Å². The summed E-state index contributed by atoms with van der Waals surface area (Å²) < 4.78 is 6.61. The lowest BCUT2D eigenvalue weighted by Crippen LogP contribution is -2.46. The summed E-state index contributed by atoms with van der Waals surface area (Å²) in [6, 6.07) is 23.7. The van der Waals surface area contributed by atoms with Gasteiger partial charge < -0.3 is 53.4 Å². The van der Waals surface area contributed by atoms with Crippen LogP contribution in [0.15, 0.2) is 95.9 Å². The summed E-state index contributed by atoms with van der Waals surface area (Å²) in [7, 11) is 0. The number of carbonyl (C=O) groups is 5. The van der Waals surface area contributed by atoms with Crippen LogP contribution in [0.25, 0.3) is 0 Å². The van der Waals surface area contributed by atoms with Gasteiger partial charge in [-0.25, -0.2) is 4.79 Å². The summed E-state index contributed by atoms with van der Waals surface area (Å²) in [5.41, 5.74) is 19.9. The SMILES string of the molecule is NC(=O)C(CSc1cc(O)n(Cc2ccccc2)c1O)NC(=O)CCCCCNC(=O)C(N)CCNC(=O)Oc1ccc(CC(N)C(=O)Nc2ccccc2)cc1. The molecule has 0 spiro atoms. The number of aromatic nitrogens is 1. The minimum absolute atomic E-state index is 0.0514. The van der Waals surface area contributed by atoms with E-state index in [1.54, 1.807) is 36.4 Å². The second kappa shape index (κ2) is 22.5. The molecule has 0 fully saturated rings. The normalized spacial score (nSPS) is 12.5. The zero-order valence-corrected chi connectivity index (χ0v) is 32.2. The molecule has 16 nitrogen and oxygen atoms in total. The lowest BCUT2D eigenvalue weighted by molar-refractivity contribution is -0.126. The fourth-order valence-electron chi connectivity index (χ4n) is 5.49. The number of nitrogens with zero attached hydrogens (tertiary/aromatic N) is 1. The Bertz CT molecular complexity index is 1930. The second-order valence-electron chi connectivity index (χ2n) is 13.2. The van der Waals surface area contributed by atoms with E-state index >= 15 is 0 Å². The molecule has 0 bridgehead atoms. The summed E-state index contributed by atoms with van der Waals surface area (Å²) in [5.74, 6) is -1.76. The number of hydrogen-bond donors (Lipinski definition) is 9. The van der Waals surface area contributed by atoms with Crippen LogP contribution in [-0.2, 0) is 32.1 Å². The Hall–Kier alpha value is -6.04. The van der Waals surface area contributed by atoms with Gasteiger partial charge in [0, 0.05) is 37.0 Å². The summed E-state index contributed by atoms with van der Waals surface area (Å²) in [5, 5.41) is 31.7. The predicted octanol–water partition coefficient (Wildman–Crippen LogP) is 2.70. The van der Waals surface area contributed by atoms with Crippen LogP contribution in [0.2, 0.25) is 0 Å². The number of nitrogens with one attached hydrogen (secondary N) is 4. The molecule has 12 N–H and O–H groups in total. The number of amides is 5. The first-order valence-electron chi connectivity index (χ1n) is 18.5. The van der Waals surface area contributed by atoms with Gasteiger partial charge in [0.2, 0.25) is 29.5 Å². The first kappa shape index (κ1) is 43.7. The van der Waals surface area contributed by atoms with E-state index in [-0.39, 0.29) is 73.3 Å². The molecule has 0 saturated carbocycles. The Morgan fingerprint density at radius 2 is 1.46 bits per heavy atom. The number of rotatable bonds is 22. The third-order valence-electron chi connectivity index (χ3n) is 8.69. The molecular weight excluding hydrogens is 753 g/mol. The highest BCUT2D eigenvalue weighted by atomic mass is 32.2. The van der Waals surface area contributed by atoms with Crippen molar-refractivity contribution in [2.45, 2.75) is 68.1 Å². The van der Waals surface area contributed by atoms with Crippen LogP contribution in [0.5, 0.6) is 17.5 Å². The first-order valence-corrected chi connectivity index (χ1v) is 19.4. The van der Waals surface area contributed by atoms with E-state index in [0.717, 1.165) is 22.9 Å². The van der Waals surface area contributed by atoms with Crippen molar-refractivity contribution in [3.63, 3.8) is 0 Å². The van der Waals surface area contributed by atoms with Crippen molar-refractivity contribution in [2.24, 2.45) is 17.2 Å². The van der Waals surface area contributed by atoms with Gasteiger partial charge in [0.25, 0.3) is 0 Å². The van der Waals surface area contributed by atoms with Gasteiger partial charge in [-0.3, -0.25) is 23.7 Å². The average molecular weight is 803 g/mol. The number of aromatic hydroxyl groups is 2. The lowest BCUT2D eigenvalue weighted by atomic mass is 10.1. The standard InChI is InChI=1S/C40H50N8O8S/c41-30(19-21-45-40(55)56-29-17-15-26(16-18-29)22-31(42)38(53)46-28-12-6-2-7-13-28)37(52)44-20-9-3-8-14-34(49)47-32(36(43)51)25-57-33-23-35(50)48(39(33)54)24-27-10-4-1-5-11-27/h1-2,4-7,10-13,15-18,23,30-32,50,54H,3,8-9,14,19-22,24-25,41-42H2,(H2,43,51)(H,44,52)(H,45,55)(H,46,53)(H,47,49). The maximum absolute atomic E-state index is 12.5. The number of benzene rings is 3. The van der Waals surface area contributed by atoms with Crippen LogP contribution >= 0.6 is 11.8 Å². The molecule has 0 aliphatic carbocycles. The van der Waals surface area contributed by atoms with E-state index in [2.05, 4.69) is 21.3 Å². The molecule has 3 aromatic carbocycles. The zero-order valence-electron chi connectivity index (χ0n) is 31.4. The molecule has 0 aliphatic rings. The number of thioether (sulfide) groups is 1. The second-order valence-corrected chi connectivity index (χ2v) is 14.3. The van der Waals surface area contributed by atoms with Crippen molar-refractivity contribution in [3.8, 4) is 17.5 Å². The van der Waals surface area contributed by atoms with Crippen molar-refractivity contribution in [3.05, 3.63) is 102 Å². The van der Waals surface area contributed by atoms with Gasteiger partial charge in [0.15, 0.2) is 5.88 Å². The monoisotopic (exact) mass is 802 g/mol. The Morgan fingerprint density at radius 1 is 0.772 bits per heavy atom. The number of ether oxygens (including phenoxy) is 1. The van der Waals surface area contributed by atoms with E-state index in [1.807, 2.05) is 48.5 Å². The van der Waals surface area contributed by atoms with Crippen LogP contribution in [0.1, 0.15) is 43.2 Å². The smallest absolute Gasteiger partial charge is 0.412 e. The molecule has 304 valence electrons. The van der Waals surface area contributed by atoms with E-state index in [4.69, 9.17) is 21.9 Å². The van der Waals surface area contributed by atoms with E-state index in [0.29, 0.717) is 36.4 Å². The highest BCUT2D eigenvalue weighted by Gasteiger charge is 2.22. The Labute approximate surface area is 334 Å². The van der Waals surface area contributed by atoms with Gasteiger partial charge in [-0.15, -0.1) is 11.8 Å². The van der Waals surface area contributed by atoms with E-state index < -0.39 is 30.1 Å². The molecule has 0 aliphatic heterocycles. The highest BCUT2D eigenvalue weighted by molar-refractivity contribution is 7.99. The fraction of sp³-hybridized carbons (Fsp3) is 0.325. The molecular formula is C40H50N8O8S. The van der Waals surface area contributed by atoms with Gasteiger partial charge in [-0.2, -0.15) is 0 Å². The molecule has 0 saturated heterocycles. The maximum atomic E-state index is 12.5. The fourth-order valence-corrected chi connectivity index (χ4v) is 6.52. The van der Waals surface area contributed by atoms with E-state index in [9.17, 15) is 34.2 Å².